The van der Waals surface area contributed by atoms with E-state index < -0.39 is 12.6 Å². The molecule has 3 heterocycles. The maximum Gasteiger partial charge on any atom is 0.396 e. The lowest BCUT2D eigenvalue weighted by molar-refractivity contribution is -0.129. The molecule has 1 aliphatic heterocycles. The van der Waals surface area contributed by atoms with Crippen LogP contribution in [0.1, 0.15) is 48.5 Å². The van der Waals surface area contributed by atoms with Crippen molar-refractivity contribution < 1.29 is 17.7 Å². The van der Waals surface area contributed by atoms with Gasteiger partial charge >= 0.3 is 6.18 Å². The van der Waals surface area contributed by atoms with Crippen LogP contribution in [0, 0.1) is 0 Å². The molecule has 24 heavy (non-hydrogen) atoms. The number of rotatable bonds is 4. The third kappa shape index (κ3) is 3.14. The number of aromatic nitrogens is 5. The summed E-state index contributed by atoms with van der Waals surface area (Å²) in [6.45, 7) is 1.96. The molecule has 2 aromatic heterocycles. The molecule has 4 rings (SSSR count). The lowest BCUT2D eigenvalue weighted by Crippen LogP contribution is -2.34. The molecule has 0 aromatic carbocycles. The second-order valence-corrected chi connectivity index (χ2v) is 6.36. The Morgan fingerprint density at radius 2 is 2.00 bits per heavy atom. The van der Waals surface area contributed by atoms with Gasteiger partial charge in [0.15, 0.2) is 5.82 Å². The minimum atomic E-state index is -4.27. The van der Waals surface area contributed by atoms with Crippen LogP contribution in [0.15, 0.2) is 4.52 Å². The van der Waals surface area contributed by atoms with E-state index in [4.69, 9.17) is 4.52 Å². The quantitative estimate of drug-likeness (QED) is 0.847. The third-order valence-corrected chi connectivity index (χ3v) is 4.57. The molecule has 0 unspecified atom stereocenters. The fourth-order valence-corrected chi connectivity index (χ4v) is 3.07. The van der Waals surface area contributed by atoms with E-state index in [1.165, 1.54) is 6.42 Å². The van der Waals surface area contributed by atoms with Crippen LogP contribution in [-0.4, -0.2) is 42.5 Å². The summed E-state index contributed by atoms with van der Waals surface area (Å²) in [5, 5.41) is 11.6. The Labute approximate surface area is 135 Å². The first kappa shape index (κ1) is 15.6. The van der Waals surface area contributed by atoms with E-state index in [-0.39, 0.29) is 5.82 Å². The molecule has 2 aliphatic rings. The Balaban J connectivity index is 1.40. The molecule has 7 nitrogen and oxygen atoms in total. The first-order valence-corrected chi connectivity index (χ1v) is 8.00. The van der Waals surface area contributed by atoms with Crippen molar-refractivity contribution in [1.82, 2.24) is 29.8 Å². The van der Waals surface area contributed by atoms with Crippen molar-refractivity contribution in [1.29, 1.82) is 0 Å². The normalized spacial score (nSPS) is 19.3. The van der Waals surface area contributed by atoms with Crippen molar-refractivity contribution in [2.45, 2.75) is 57.4 Å². The van der Waals surface area contributed by atoms with Gasteiger partial charge in [0.2, 0.25) is 5.89 Å². The van der Waals surface area contributed by atoms with E-state index >= 15 is 0 Å². The van der Waals surface area contributed by atoms with Gasteiger partial charge in [-0.2, -0.15) is 18.2 Å². The van der Waals surface area contributed by atoms with E-state index in [1.54, 1.807) is 4.57 Å². The van der Waals surface area contributed by atoms with Crippen LogP contribution in [0.3, 0.4) is 0 Å². The maximum atomic E-state index is 12.5. The summed E-state index contributed by atoms with van der Waals surface area (Å²) in [5.74, 6) is 2.22. The smallest absolute Gasteiger partial charge is 0.339 e. The zero-order chi connectivity index (χ0) is 16.7. The van der Waals surface area contributed by atoms with Crippen molar-refractivity contribution in [3.63, 3.8) is 0 Å². The largest absolute Gasteiger partial charge is 0.396 e. The van der Waals surface area contributed by atoms with Crippen LogP contribution in [0.4, 0.5) is 13.2 Å². The number of alkyl halides is 3. The van der Waals surface area contributed by atoms with Gasteiger partial charge < -0.3 is 9.09 Å². The Bertz CT molecular complexity index is 720. The first-order valence-electron chi connectivity index (χ1n) is 8.00. The predicted octanol–water partition coefficient (Wildman–Crippen LogP) is 2.05. The molecule has 130 valence electrons. The molecule has 0 amide bonds. The highest BCUT2D eigenvalue weighted by Crippen LogP contribution is 2.35. The third-order valence-electron chi connectivity index (χ3n) is 4.57. The van der Waals surface area contributed by atoms with Crippen molar-refractivity contribution in [2.75, 3.05) is 6.54 Å². The van der Waals surface area contributed by atoms with Gasteiger partial charge in [-0.15, -0.1) is 10.2 Å². The van der Waals surface area contributed by atoms with E-state index in [2.05, 4.69) is 20.3 Å². The molecule has 0 atom stereocenters. The van der Waals surface area contributed by atoms with Crippen LogP contribution in [0.2, 0.25) is 0 Å². The minimum Gasteiger partial charge on any atom is -0.339 e. The molecule has 2 aromatic rings. The Hall–Kier alpha value is -1.97. The standard InChI is InChI=1S/C14H17F3N6O/c15-14(16,17)6-11-19-20-12-8-22(4-5-23(11)12)7-10-18-13(24-21-10)9-2-1-3-9/h9H,1-8H2. The summed E-state index contributed by atoms with van der Waals surface area (Å²) in [7, 11) is 0. The molecule has 10 heteroatoms. The molecule has 1 fully saturated rings. The van der Waals surface area contributed by atoms with Gasteiger partial charge in [0, 0.05) is 19.0 Å². The van der Waals surface area contributed by atoms with Crippen molar-refractivity contribution in [3.8, 4) is 0 Å². The van der Waals surface area contributed by atoms with Crippen LogP contribution in [-0.2, 0) is 26.1 Å². The molecule has 0 bridgehead atoms. The highest BCUT2D eigenvalue weighted by Gasteiger charge is 2.33. The SMILES string of the molecule is FC(F)(F)Cc1nnc2n1CCN(Cc1noc(C3CCC3)n1)C2. The minimum absolute atomic E-state index is 0.0241. The second kappa shape index (κ2) is 5.83. The van der Waals surface area contributed by atoms with Gasteiger partial charge in [-0.1, -0.05) is 11.6 Å². The van der Waals surface area contributed by atoms with Crippen LogP contribution < -0.4 is 0 Å². The van der Waals surface area contributed by atoms with Gasteiger partial charge in [0.25, 0.3) is 0 Å². The van der Waals surface area contributed by atoms with E-state index in [9.17, 15) is 13.2 Å². The first-order chi connectivity index (χ1) is 11.5. The molecular weight excluding hydrogens is 325 g/mol. The van der Waals surface area contributed by atoms with Gasteiger partial charge in [0.05, 0.1) is 13.1 Å². The lowest BCUT2D eigenvalue weighted by atomic mass is 9.85. The predicted molar refractivity (Wildman–Crippen MR) is 74.8 cm³/mol. The van der Waals surface area contributed by atoms with Crippen molar-refractivity contribution in [2.24, 2.45) is 0 Å². The Kier molecular flexibility index (Phi) is 3.78. The average molecular weight is 342 g/mol. The lowest BCUT2D eigenvalue weighted by Gasteiger charge is -2.26. The fourth-order valence-electron chi connectivity index (χ4n) is 3.07. The Morgan fingerprint density at radius 3 is 2.71 bits per heavy atom. The maximum absolute atomic E-state index is 12.5. The number of nitrogens with zero attached hydrogens (tertiary/aromatic N) is 6. The summed E-state index contributed by atoms with van der Waals surface area (Å²) >= 11 is 0. The average Bonchev–Trinajstić information content (AvgIpc) is 3.03. The number of hydrogen-bond donors (Lipinski definition) is 0. The second-order valence-electron chi connectivity index (χ2n) is 6.36. The van der Waals surface area contributed by atoms with Crippen molar-refractivity contribution in [3.05, 3.63) is 23.4 Å². The van der Waals surface area contributed by atoms with Gasteiger partial charge in [-0.3, -0.25) is 4.90 Å². The van der Waals surface area contributed by atoms with Crippen LogP contribution in [0.25, 0.3) is 0 Å². The number of fused-ring (bicyclic) bond motifs is 1. The molecule has 0 radical (unpaired) electrons. The highest BCUT2D eigenvalue weighted by molar-refractivity contribution is 5.02. The molecule has 0 spiro atoms. The Morgan fingerprint density at radius 1 is 1.17 bits per heavy atom. The number of halogens is 3. The summed E-state index contributed by atoms with van der Waals surface area (Å²) in [6, 6.07) is 0. The molecule has 1 saturated carbocycles. The van der Waals surface area contributed by atoms with E-state index in [0.29, 0.717) is 49.6 Å². The van der Waals surface area contributed by atoms with E-state index in [1.807, 2.05) is 4.90 Å². The van der Waals surface area contributed by atoms with Gasteiger partial charge in [-0.05, 0) is 12.8 Å². The van der Waals surface area contributed by atoms with Gasteiger partial charge in [0.1, 0.15) is 18.1 Å². The van der Waals surface area contributed by atoms with Crippen molar-refractivity contribution >= 4 is 0 Å². The highest BCUT2D eigenvalue weighted by atomic mass is 19.4. The zero-order valence-electron chi connectivity index (χ0n) is 13.0. The zero-order valence-corrected chi connectivity index (χ0v) is 13.0. The summed E-state index contributed by atoms with van der Waals surface area (Å²) in [6.07, 6.45) is -1.93. The molecular formula is C14H17F3N6O. The van der Waals surface area contributed by atoms with Crippen LogP contribution in [0.5, 0.6) is 0 Å². The monoisotopic (exact) mass is 342 g/mol. The molecule has 0 saturated heterocycles. The summed E-state index contributed by atoms with van der Waals surface area (Å²) < 4.78 is 44.5. The van der Waals surface area contributed by atoms with E-state index in [0.717, 1.165) is 12.8 Å². The van der Waals surface area contributed by atoms with Gasteiger partial charge in [-0.25, -0.2) is 0 Å². The molecule has 1 aliphatic carbocycles. The summed E-state index contributed by atoms with van der Waals surface area (Å²) in [4.78, 5) is 6.46. The topological polar surface area (TPSA) is 72.9 Å². The number of hydrogen-bond acceptors (Lipinski definition) is 6. The summed E-state index contributed by atoms with van der Waals surface area (Å²) in [5.41, 5.74) is 0. The molecule has 0 N–H and O–H groups in total. The van der Waals surface area contributed by atoms with Crippen LogP contribution >= 0.6 is 0 Å². The fraction of sp³-hybridized carbons (Fsp3) is 0.714.